The number of nitrogens with zero attached hydrogens (tertiary/aromatic N) is 3. The van der Waals surface area contributed by atoms with Crippen molar-refractivity contribution in [2.24, 2.45) is 5.92 Å². The summed E-state index contributed by atoms with van der Waals surface area (Å²) in [5.41, 5.74) is 3.00. The van der Waals surface area contributed by atoms with Gasteiger partial charge in [-0.05, 0) is 41.0 Å². The van der Waals surface area contributed by atoms with Crippen LogP contribution in [-0.2, 0) is 16.1 Å². The van der Waals surface area contributed by atoms with Gasteiger partial charge in [0.25, 0.3) is 0 Å². The summed E-state index contributed by atoms with van der Waals surface area (Å²) in [4.78, 5) is 28.9. The van der Waals surface area contributed by atoms with Gasteiger partial charge in [-0.15, -0.1) is 0 Å². The molecule has 0 bridgehead atoms. The van der Waals surface area contributed by atoms with E-state index in [1.165, 1.54) is 17.3 Å². The lowest BCUT2D eigenvalue weighted by Gasteiger charge is -2.30. The molecule has 0 radical (unpaired) electrons. The first-order valence-electron chi connectivity index (χ1n) is 10.3. The second kappa shape index (κ2) is 7.54. The molecule has 2 aromatic carbocycles. The maximum Gasteiger partial charge on any atom is 0.408 e. The van der Waals surface area contributed by atoms with E-state index in [0.717, 1.165) is 35.1 Å². The molecule has 5 rings (SSSR count). The highest BCUT2D eigenvalue weighted by Crippen LogP contribution is 2.45. The SMILES string of the molecule is O=C(NC(Cn1cncn1)(C(=O)O)C1CC1)OCC1c2ccccc2-c2ccccc21. The van der Waals surface area contributed by atoms with Crippen molar-refractivity contribution in [3.8, 4) is 11.1 Å². The quantitative estimate of drug-likeness (QED) is 0.611. The molecule has 2 aliphatic rings. The van der Waals surface area contributed by atoms with Crippen LogP contribution in [-0.4, -0.2) is 44.1 Å². The van der Waals surface area contributed by atoms with Gasteiger partial charge < -0.3 is 15.2 Å². The number of rotatable bonds is 7. The first-order valence-corrected chi connectivity index (χ1v) is 10.3. The number of ether oxygens (including phenoxy) is 1. The second-order valence-corrected chi connectivity index (χ2v) is 8.09. The van der Waals surface area contributed by atoms with Crippen molar-refractivity contribution in [2.45, 2.75) is 30.8 Å². The van der Waals surface area contributed by atoms with E-state index in [2.05, 4.69) is 27.5 Å². The van der Waals surface area contributed by atoms with Crippen LogP contribution in [0.5, 0.6) is 0 Å². The molecule has 8 nitrogen and oxygen atoms in total. The molecule has 0 aliphatic heterocycles. The van der Waals surface area contributed by atoms with Crippen LogP contribution in [0.25, 0.3) is 11.1 Å². The Balaban J connectivity index is 1.34. The van der Waals surface area contributed by atoms with Crippen molar-refractivity contribution in [1.29, 1.82) is 0 Å². The van der Waals surface area contributed by atoms with Gasteiger partial charge in [0.15, 0.2) is 5.54 Å². The van der Waals surface area contributed by atoms with Gasteiger partial charge in [-0.2, -0.15) is 5.10 Å². The maximum absolute atomic E-state index is 12.8. The average molecular weight is 418 g/mol. The van der Waals surface area contributed by atoms with E-state index in [9.17, 15) is 14.7 Å². The van der Waals surface area contributed by atoms with Gasteiger partial charge in [-0.25, -0.2) is 19.3 Å². The molecule has 0 saturated heterocycles. The Morgan fingerprint density at radius 2 is 1.74 bits per heavy atom. The van der Waals surface area contributed by atoms with E-state index in [-0.39, 0.29) is 25.0 Å². The molecule has 8 heteroatoms. The molecule has 31 heavy (non-hydrogen) atoms. The summed E-state index contributed by atoms with van der Waals surface area (Å²) in [7, 11) is 0. The van der Waals surface area contributed by atoms with Crippen molar-refractivity contribution >= 4 is 12.1 Å². The smallest absolute Gasteiger partial charge is 0.408 e. The molecular formula is C23H22N4O4. The molecule has 1 atom stereocenters. The summed E-state index contributed by atoms with van der Waals surface area (Å²) >= 11 is 0. The second-order valence-electron chi connectivity index (χ2n) is 8.09. The van der Waals surface area contributed by atoms with Crippen LogP contribution in [0.15, 0.2) is 61.2 Å². The number of carbonyl (C=O) groups excluding carboxylic acids is 1. The van der Waals surface area contributed by atoms with Gasteiger partial charge in [0, 0.05) is 5.92 Å². The standard InChI is InChI=1S/C23H22N4O4/c28-21(29)23(15-9-10-15,12-27-14-24-13-25-27)26-22(30)31-11-20-18-7-3-1-5-16(18)17-6-2-4-8-19(17)20/h1-8,13-15,20H,9-12H2,(H,26,30)(H,28,29). The van der Waals surface area contributed by atoms with Crippen LogP contribution in [0.3, 0.4) is 0 Å². The first-order chi connectivity index (χ1) is 15.1. The number of nitrogens with one attached hydrogen (secondary N) is 1. The van der Waals surface area contributed by atoms with Crippen molar-refractivity contribution in [3.05, 3.63) is 72.3 Å². The van der Waals surface area contributed by atoms with Gasteiger partial charge in [-0.3, -0.25) is 0 Å². The van der Waals surface area contributed by atoms with Crippen molar-refractivity contribution < 1.29 is 19.4 Å². The van der Waals surface area contributed by atoms with E-state index in [1.54, 1.807) is 0 Å². The van der Waals surface area contributed by atoms with Crippen molar-refractivity contribution in [3.63, 3.8) is 0 Å². The largest absolute Gasteiger partial charge is 0.479 e. The van der Waals surface area contributed by atoms with Gasteiger partial charge in [0.2, 0.25) is 0 Å². The molecule has 1 heterocycles. The Labute approximate surface area is 178 Å². The fourth-order valence-electron chi connectivity index (χ4n) is 4.53. The number of amides is 1. The lowest BCUT2D eigenvalue weighted by atomic mass is 9.93. The lowest BCUT2D eigenvalue weighted by Crippen LogP contribution is -2.59. The van der Waals surface area contributed by atoms with Crippen LogP contribution in [0, 0.1) is 5.92 Å². The Hall–Kier alpha value is -3.68. The van der Waals surface area contributed by atoms with Gasteiger partial charge in [-0.1, -0.05) is 48.5 Å². The van der Waals surface area contributed by atoms with Crippen LogP contribution >= 0.6 is 0 Å². The maximum atomic E-state index is 12.8. The third kappa shape index (κ3) is 3.43. The zero-order valence-electron chi connectivity index (χ0n) is 16.8. The first kappa shape index (κ1) is 19.3. The number of fused-ring (bicyclic) bond motifs is 3. The predicted molar refractivity (Wildman–Crippen MR) is 111 cm³/mol. The number of aliphatic carboxylic acids is 1. The highest BCUT2D eigenvalue weighted by molar-refractivity contribution is 5.85. The van der Waals surface area contributed by atoms with Crippen LogP contribution < -0.4 is 5.32 Å². The van der Waals surface area contributed by atoms with E-state index in [0.29, 0.717) is 0 Å². The third-order valence-corrected chi connectivity index (χ3v) is 6.20. The summed E-state index contributed by atoms with van der Waals surface area (Å²) in [6.45, 7) is 0.126. The summed E-state index contributed by atoms with van der Waals surface area (Å²) in [5, 5.41) is 16.7. The Bertz CT molecular complexity index is 1080. The topological polar surface area (TPSA) is 106 Å². The summed E-state index contributed by atoms with van der Waals surface area (Å²) in [6, 6.07) is 16.1. The number of hydrogen-bond acceptors (Lipinski definition) is 5. The third-order valence-electron chi connectivity index (χ3n) is 6.20. The number of carboxylic acids is 1. The summed E-state index contributed by atoms with van der Waals surface area (Å²) in [5.74, 6) is -1.36. The van der Waals surface area contributed by atoms with Crippen LogP contribution in [0.4, 0.5) is 4.79 Å². The minimum atomic E-state index is -1.48. The fraction of sp³-hybridized carbons (Fsp3) is 0.304. The number of hydrogen-bond donors (Lipinski definition) is 2. The molecule has 1 aromatic heterocycles. The Kier molecular flexibility index (Phi) is 4.69. The van der Waals surface area contributed by atoms with E-state index >= 15 is 0 Å². The number of carbonyl (C=O) groups is 2. The Morgan fingerprint density at radius 3 is 2.29 bits per heavy atom. The molecular weight excluding hydrogens is 396 g/mol. The molecule has 158 valence electrons. The minimum Gasteiger partial charge on any atom is -0.479 e. The van der Waals surface area contributed by atoms with Crippen LogP contribution in [0.2, 0.25) is 0 Å². The monoisotopic (exact) mass is 418 g/mol. The van der Waals surface area contributed by atoms with E-state index in [1.807, 2.05) is 36.4 Å². The molecule has 2 aliphatic carbocycles. The van der Waals surface area contributed by atoms with Gasteiger partial charge in [0.05, 0.1) is 6.54 Å². The molecule has 3 aromatic rings. The predicted octanol–water partition coefficient (Wildman–Crippen LogP) is 3.05. The minimum absolute atomic E-state index is 0.00278. The molecule has 1 amide bonds. The molecule has 1 unspecified atom stereocenters. The lowest BCUT2D eigenvalue weighted by molar-refractivity contribution is -0.146. The van der Waals surface area contributed by atoms with Gasteiger partial charge >= 0.3 is 12.1 Å². The van der Waals surface area contributed by atoms with Crippen molar-refractivity contribution in [2.75, 3.05) is 6.61 Å². The normalized spacial score (nSPS) is 16.8. The summed E-state index contributed by atoms with van der Waals surface area (Å²) in [6.07, 6.45) is 3.50. The average Bonchev–Trinajstić information content (AvgIpc) is 3.42. The zero-order chi connectivity index (χ0) is 21.4. The highest BCUT2D eigenvalue weighted by Gasteiger charge is 2.53. The molecule has 2 N–H and O–H groups in total. The summed E-state index contributed by atoms with van der Waals surface area (Å²) < 4.78 is 7.01. The van der Waals surface area contributed by atoms with E-state index < -0.39 is 17.6 Å². The molecule has 0 spiro atoms. The fourth-order valence-corrected chi connectivity index (χ4v) is 4.53. The highest BCUT2D eigenvalue weighted by atomic mass is 16.5. The van der Waals surface area contributed by atoms with Crippen molar-refractivity contribution in [1.82, 2.24) is 20.1 Å². The number of alkyl carbamates (subject to hydrolysis) is 1. The number of aromatic nitrogens is 3. The molecule has 1 fully saturated rings. The van der Waals surface area contributed by atoms with Gasteiger partial charge in [0.1, 0.15) is 19.3 Å². The van der Waals surface area contributed by atoms with Crippen LogP contribution in [0.1, 0.15) is 29.9 Å². The number of carboxylic acid groups (broad SMARTS) is 1. The number of benzene rings is 2. The molecule has 1 saturated carbocycles. The van der Waals surface area contributed by atoms with E-state index in [4.69, 9.17) is 4.74 Å². The zero-order valence-corrected chi connectivity index (χ0v) is 16.8. The Morgan fingerprint density at radius 1 is 1.10 bits per heavy atom.